The number of para-hydroxylation sites is 1. The first-order valence-electron chi connectivity index (χ1n) is 12.8. The van der Waals surface area contributed by atoms with E-state index in [9.17, 15) is 0 Å². The van der Waals surface area contributed by atoms with Crippen LogP contribution in [-0.2, 0) is 0 Å². The monoisotopic (exact) mass is 486 g/mol. The molecule has 0 aliphatic heterocycles. The van der Waals surface area contributed by atoms with E-state index >= 15 is 0 Å². The Morgan fingerprint density at radius 2 is 1.32 bits per heavy atom. The molecule has 0 N–H and O–H groups in total. The van der Waals surface area contributed by atoms with E-state index in [2.05, 4.69) is 106 Å². The third kappa shape index (κ3) is 3.10. The summed E-state index contributed by atoms with van der Waals surface area (Å²) in [7, 11) is 0. The van der Waals surface area contributed by atoms with E-state index in [4.69, 9.17) is 9.97 Å². The third-order valence-corrected chi connectivity index (χ3v) is 7.43. The van der Waals surface area contributed by atoms with Gasteiger partial charge in [0.2, 0.25) is 0 Å². The first kappa shape index (κ1) is 20.9. The number of hydrogen-bond donors (Lipinski definition) is 0. The van der Waals surface area contributed by atoms with Crippen LogP contribution in [0.1, 0.15) is 0 Å². The van der Waals surface area contributed by atoms with Gasteiger partial charge in [-0.25, -0.2) is 4.98 Å². The number of fused-ring (bicyclic) bond motifs is 6. The van der Waals surface area contributed by atoms with E-state index in [0.29, 0.717) is 0 Å². The van der Waals surface area contributed by atoms with E-state index in [1.54, 1.807) is 0 Å². The molecule has 0 aliphatic carbocycles. The van der Waals surface area contributed by atoms with Crippen LogP contribution in [-0.4, -0.2) is 19.1 Å². The van der Waals surface area contributed by atoms with Crippen LogP contribution in [0.2, 0.25) is 0 Å². The summed E-state index contributed by atoms with van der Waals surface area (Å²) in [5.41, 5.74) is 6.48. The number of benzene rings is 5. The maximum absolute atomic E-state index is 4.95. The molecule has 38 heavy (non-hydrogen) atoms. The molecule has 0 saturated carbocycles. The largest absolute Gasteiger partial charge is 0.316 e. The molecule has 0 spiro atoms. The molecule has 0 fully saturated rings. The van der Waals surface area contributed by atoms with E-state index in [1.807, 2.05) is 36.7 Å². The Morgan fingerprint density at radius 1 is 0.526 bits per heavy atom. The van der Waals surface area contributed by atoms with Gasteiger partial charge in [-0.1, -0.05) is 84.9 Å². The summed E-state index contributed by atoms with van der Waals surface area (Å²) in [6.45, 7) is 0. The van der Waals surface area contributed by atoms with Gasteiger partial charge in [-0.05, 0) is 35.7 Å². The van der Waals surface area contributed by atoms with Crippen molar-refractivity contribution in [3.63, 3.8) is 0 Å². The maximum Gasteiger partial charge on any atom is 0.156 e. The number of rotatable bonds is 3. The molecule has 0 saturated heterocycles. The molecule has 0 aliphatic rings. The van der Waals surface area contributed by atoms with Crippen molar-refractivity contribution in [2.75, 3.05) is 0 Å². The molecule has 5 aromatic carbocycles. The van der Waals surface area contributed by atoms with Crippen molar-refractivity contribution in [1.82, 2.24) is 19.1 Å². The second kappa shape index (κ2) is 8.15. The Kier molecular flexibility index (Phi) is 4.49. The highest BCUT2D eigenvalue weighted by atomic mass is 15.1. The fourth-order valence-electron chi connectivity index (χ4n) is 5.65. The molecule has 4 heteroatoms. The number of nitrogens with zero attached hydrogens (tertiary/aromatic N) is 4. The van der Waals surface area contributed by atoms with Crippen LogP contribution in [0.3, 0.4) is 0 Å². The zero-order valence-electron chi connectivity index (χ0n) is 20.5. The molecule has 0 unspecified atom stereocenters. The highest BCUT2D eigenvalue weighted by Gasteiger charge is 2.18. The Morgan fingerprint density at radius 3 is 2.13 bits per heavy atom. The quantitative estimate of drug-likeness (QED) is 0.252. The van der Waals surface area contributed by atoms with Gasteiger partial charge < -0.3 is 4.57 Å². The van der Waals surface area contributed by atoms with Gasteiger partial charge in [0.05, 0.1) is 34.6 Å². The Bertz CT molecular complexity index is 2100. The fraction of sp³-hybridized carbons (Fsp3) is 0. The summed E-state index contributed by atoms with van der Waals surface area (Å²) in [6.07, 6.45) is 5.91. The summed E-state index contributed by atoms with van der Waals surface area (Å²) in [5.74, 6) is 0.804. The van der Waals surface area contributed by atoms with E-state index in [-0.39, 0.29) is 0 Å². The standard InChI is InChI=1S/C34H22N4/c1-3-10-24(11-4-1)30-21-36-33(22-35-30)38-32-20-31-25(17-18-37(31)26-12-5-2-6-13-26)19-29(32)28-16-15-23-9-7-8-14-27(23)34(28)38/h1-22H. The molecule has 3 aromatic heterocycles. The zero-order valence-corrected chi connectivity index (χ0v) is 20.5. The summed E-state index contributed by atoms with van der Waals surface area (Å²) < 4.78 is 4.52. The molecule has 0 bridgehead atoms. The minimum absolute atomic E-state index is 0.804. The van der Waals surface area contributed by atoms with Gasteiger partial charge in [-0.2, -0.15) is 0 Å². The van der Waals surface area contributed by atoms with E-state index in [0.717, 1.165) is 39.3 Å². The lowest BCUT2D eigenvalue weighted by molar-refractivity contribution is 1.05. The van der Waals surface area contributed by atoms with Crippen molar-refractivity contribution < 1.29 is 0 Å². The average molecular weight is 487 g/mol. The normalized spacial score (nSPS) is 11.7. The van der Waals surface area contributed by atoms with Crippen molar-refractivity contribution in [2.45, 2.75) is 0 Å². The topological polar surface area (TPSA) is 35.6 Å². The molecule has 8 rings (SSSR count). The lowest BCUT2D eigenvalue weighted by atomic mass is 10.1. The predicted molar refractivity (Wildman–Crippen MR) is 156 cm³/mol. The van der Waals surface area contributed by atoms with Crippen LogP contribution in [0.25, 0.3) is 66.2 Å². The van der Waals surface area contributed by atoms with Gasteiger partial charge in [0.1, 0.15) is 0 Å². The van der Waals surface area contributed by atoms with E-state index < -0.39 is 0 Å². The minimum atomic E-state index is 0.804. The van der Waals surface area contributed by atoms with Crippen LogP contribution < -0.4 is 0 Å². The summed E-state index contributed by atoms with van der Waals surface area (Å²) in [6, 6.07) is 40.5. The average Bonchev–Trinajstić information content (AvgIpc) is 3.56. The molecule has 8 aromatic rings. The molecule has 178 valence electrons. The Labute approximate surface area is 219 Å². The zero-order chi connectivity index (χ0) is 25.1. The smallest absolute Gasteiger partial charge is 0.156 e. The summed E-state index contributed by atoms with van der Waals surface area (Å²) in [4.78, 5) is 9.77. The third-order valence-electron chi connectivity index (χ3n) is 7.43. The molecular formula is C34H22N4. The van der Waals surface area contributed by atoms with Crippen LogP contribution in [0.15, 0.2) is 134 Å². The van der Waals surface area contributed by atoms with Gasteiger partial charge in [0.15, 0.2) is 5.82 Å². The second-order valence-electron chi connectivity index (χ2n) is 9.59. The first-order chi connectivity index (χ1) is 18.8. The van der Waals surface area contributed by atoms with Gasteiger partial charge in [-0.3, -0.25) is 9.55 Å². The van der Waals surface area contributed by atoms with Crippen molar-refractivity contribution in [3.8, 4) is 22.8 Å². The number of hydrogen-bond acceptors (Lipinski definition) is 2. The molecule has 0 atom stereocenters. The lowest BCUT2D eigenvalue weighted by Crippen LogP contribution is -2.00. The van der Waals surface area contributed by atoms with Crippen molar-refractivity contribution in [2.24, 2.45) is 0 Å². The van der Waals surface area contributed by atoms with Gasteiger partial charge in [-0.15, -0.1) is 0 Å². The minimum Gasteiger partial charge on any atom is -0.316 e. The van der Waals surface area contributed by atoms with Crippen LogP contribution >= 0.6 is 0 Å². The molecule has 0 amide bonds. The molecular weight excluding hydrogens is 464 g/mol. The summed E-state index contributed by atoms with van der Waals surface area (Å²) >= 11 is 0. The fourth-order valence-corrected chi connectivity index (χ4v) is 5.65. The van der Waals surface area contributed by atoms with Crippen LogP contribution in [0.4, 0.5) is 0 Å². The number of aromatic nitrogens is 4. The lowest BCUT2D eigenvalue weighted by Gasteiger charge is -2.10. The van der Waals surface area contributed by atoms with Crippen molar-refractivity contribution in [3.05, 3.63) is 134 Å². The SMILES string of the molecule is c1ccc(-c2cnc(-n3c4cc5c(ccn5-c5ccccc5)cc4c4ccc5ccccc5c43)cn2)cc1. The molecule has 3 heterocycles. The first-order valence-corrected chi connectivity index (χ1v) is 12.8. The van der Waals surface area contributed by atoms with Crippen molar-refractivity contribution >= 4 is 43.5 Å². The predicted octanol–water partition coefficient (Wildman–Crippen LogP) is 8.34. The van der Waals surface area contributed by atoms with Crippen LogP contribution in [0, 0.1) is 0 Å². The highest BCUT2D eigenvalue weighted by molar-refractivity contribution is 6.20. The maximum atomic E-state index is 4.95. The van der Waals surface area contributed by atoms with Gasteiger partial charge in [0, 0.05) is 39.0 Å². The Balaban J connectivity index is 1.46. The van der Waals surface area contributed by atoms with Crippen molar-refractivity contribution in [1.29, 1.82) is 0 Å². The van der Waals surface area contributed by atoms with Gasteiger partial charge >= 0.3 is 0 Å². The van der Waals surface area contributed by atoms with Crippen LogP contribution in [0.5, 0.6) is 0 Å². The summed E-state index contributed by atoms with van der Waals surface area (Å²) in [5, 5.41) is 6.03. The molecule has 4 nitrogen and oxygen atoms in total. The Hall–Kier alpha value is -5.22. The van der Waals surface area contributed by atoms with E-state index in [1.165, 1.54) is 26.9 Å². The second-order valence-corrected chi connectivity index (χ2v) is 9.59. The van der Waals surface area contributed by atoms with Gasteiger partial charge in [0.25, 0.3) is 0 Å². The highest BCUT2D eigenvalue weighted by Crippen LogP contribution is 2.38. The molecule has 0 radical (unpaired) electrons.